The second-order valence-electron chi connectivity index (χ2n) is 3.51. The standard InChI is InChI=1S/C12H9F2NO2S/c13-9-5-11(15)10(14)4-8(9)12(16)17-6-7-2-1-3-18-7/h1-5H,6,15H2. The SMILES string of the molecule is Nc1cc(F)c(C(=O)OCc2cccs2)cc1F. The van der Waals surface area contributed by atoms with E-state index in [1.165, 1.54) is 11.3 Å². The third kappa shape index (κ3) is 2.65. The quantitative estimate of drug-likeness (QED) is 0.688. The van der Waals surface area contributed by atoms with E-state index in [1.54, 1.807) is 12.1 Å². The van der Waals surface area contributed by atoms with E-state index in [-0.39, 0.29) is 12.3 Å². The Hall–Kier alpha value is -1.95. The van der Waals surface area contributed by atoms with E-state index in [2.05, 4.69) is 0 Å². The Kier molecular flexibility index (Phi) is 3.57. The number of esters is 1. The van der Waals surface area contributed by atoms with Crippen molar-refractivity contribution >= 4 is 23.0 Å². The number of thiophene rings is 1. The molecule has 0 aliphatic carbocycles. The fourth-order valence-electron chi connectivity index (χ4n) is 1.33. The van der Waals surface area contributed by atoms with Crippen LogP contribution >= 0.6 is 11.3 Å². The molecule has 1 heterocycles. The summed E-state index contributed by atoms with van der Waals surface area (Å²) in [5.41, 5.74) is 4.37. The van der Waals surface area contributed by atoms with Gasteiger partial charge in [0.15, 0.2) is 0 Å². The fourth-order valence-corrected chi connectivity index (χ4v) is 1.94. The number of rotatable bonds is 3. The van der Waals surface area contributed by atoms with E-state index in [1.807, 2.05) is 5.38 Å². The Morgan fingerprint density at radius 1 is 1.33 bits per heavy atom. The first-order valence-corrected chi connectivity index (χ1v) is 5.90. The van der Waals surface area contributed by atoms with Crippen molar-refractivity contribution < 1.29 is 18.3 Å². The summed E-state index contributed by atoms with van der Waals surface area (Å²) >= 11 is 1.40. The molecule has 0 bridgehead atoms. The first-order chi connectivity index (χ1) is 8.58. The molecule has 0 spiro atoms. The predicted octanol–water partition coefficient (Wildman–Crippen LogP) is 2.97. The van der Waals surface area contributed by atoms with Crippen LogP contribution in [0.25, 0.3) is 0 Å². The Labute approximate surface area is 106 Å². The van der Waals surface area contributed by atoms with Crippen LogP contribution in [0.5, 0.6) is 0 Å². The fraction of sp³-hybridized carbons (Fsp3) is 0.0833. The number of carbonyl (C=O) groups excluding carboxylic acids is 1. The van der Waals surface area contributed by atoms with E-state index in [9.17, 15) is 13.6 Å². The van der Waals surface area contributed by atoms with Crippen LogP contribution in [-0.4, -0.2) is 5.97 Å². The van der Waals surface area contributed by atoms with Crippen LogP contribution in [0.4, 0.5) is 14.5 Å². The molecule has 6 heteroatoms. The molecule has 18 heavy (non-hydrogen) atoms. The Morgan fingerprint density at radius 2 is 2.11 bits per heavy atom. The minimum absolute atomic E-state index is 0.0297. The Balaban J connectivity index is 2.11. The highest BCUT2D eigenvalue weighted by Gasteiger charge is 2.16. The molecule has 3 nitrogen and oxygen atoms in total. The van der Waals surface area contributed by atoms with E-state index in [0.717, 1.165) is 17.0 Å². The van der Waals surface area contributed by atoms with E-state index in [0.29, 0.717) is 0 Å². The minimum Gasteiger partial charge on any atom is -0.456 e. The van der Waals surface area contributed by atoms with Gasteiger partial charge in [-0.05, 0) is 17.5 Å². The molecule has 0 saturated heterocycles. The van der Waals surface area contributed by atoms with Crippen LogP contribution in [0.2, 0.25) is 0 Å². The van der Waals surface area contributed by atoms with E-state index in [4.69, 9.17) is 10.5 Å². The van der Waals surface area contributed by atoms with Crippen LogP contribution < -0.4 is 5.73 Å². The zero-order valence-electron chi connectivity index (χ0n) is 9.15. The predicted molar refractivity (Wildman–Crippen MR) is 64.2 cm³/mol. The van der Waals surface area contributed by atoms with Crippen LogP contribution in [0, 0.1) is 11.6 Å². The highest BCUT2D eigenvalue weighted by Crippen LogP contribution is 2.18. The van der Waals surface area contributed by atoms with Gasteiger partial charge in [-0.2, -0.15) is 0 Å². The summed E-state index contributed by atoms with van der Waals surface area (Å²) in [6, 6.07) is 5.08. The molecule has 2 N–H and O–H groups in total. The van der Waals surface area contributed by atoms with Crippen molar-refractivity contribution in [2.24, 2.45) is 0 Å². The Morgan fingerprint density at radius 3 is 2.78 bits per heavy atom. The second-order valence-corrected chi connectivity index (χ2v) is 4.54. The monoisotopic (exact) mass is 269 g/mol. The van der Waals surface area contributed by atoms with Crippen LogP contribution in [0.15, 0.2) is 29.6 Å². The first kappa shape index (κ1) is 12.5. The minimum atomic E-state index is -0.917. The molecule has 2 aromatic rings. The summed E-state index contributed by atoms with van der Waals surface area (Å²) in [6.07, 6.45) is 0. The summed E-state index contributed by atoms with van der Waals surface area (Å²) in [5.74, 6) is -2.66. The summed E-state index contributed by atoms with van der Waals surface area (Å²) in [6.45, 7) is 0.0297. The van der Waals surface area contributed by atoms with Gasteiger partial charge in [0.25, 0.3) is 0 Å². The van der Waals surface area contributed by atoms with Crippen molar-refractivity contribution in [2.75, 3.05) is 5.73 Å². The Bertz CT molecular complexity index is 570. The van der Waals surface area contributed by atoms with Crippen LogP contribution in [0.1, 0.15) is 15.2 Å². The lowest BCUT2D eigenvalue weighted by Crippen LogP contribution is -2.08. The zero-order valence-corrected chi connectivity index (χ0v) is 9.97. The molecule has 0 fully saturated rings. The molecule has 0 radical (unpaired) electrons. The van der Waals surface area contributed by atoms with Gasteiger partial charge >= 0.3 is 5.97 Å². The lowest BCUT2D eigenvalue weighted by atomic mass is 10.2. The average Bonchev–Trinajstić information content (AvgIpc) is 2.84. The third-order valence-corrected chi connectivity index (χ3v) is 3.08. The largest absolute Gasteiger partial charge is 0.456 e. The maximum absolute atomic E-state index is 13.4. The molecule has 94 valence electrons. The van der Waals surface area contributed by atoms with Gasteiger partial charge in [0.2, 0.25) is 0 Å². The van der Waals surface area contributed by atoms with Crippen molar-refractivity contribution in [3.05, 3.63) is 51.7 Å². The van der Waals surface area contributed by atoms with Gasteiger partial charge in [-0.3, -0.25) is 0 Å². The first-order valence-electron chi connectivity index (χ1n) is 5.02. The smallest absolute Gasteiger partial charge is 0.341 e. The van der Waals surface area contributed by atoms with Crippen molar-refractivity contribution in [2.45, 2.75) is 6.61 Å². The highest BCUT2D eigenvalue weighted by atomic mass is 32.1. The van der Waals surface area contributed by atoms with Gasteiger partial charge in [-0.15, -0.1) is 11.3 Å². The molecule has 0 unspecified atom stereocenters. The molecular formula is C12H9F2NO2S. The van der Waals surface area contributed by atoms with Crippen molar-refractivity contribution in [3.63, 3.8) is 0 Å². The lowest BCUT2D eigenvalue weighted by Gasteiger charge is -2.05. The molecule has 1 aromatic heterocycles. The number of carbonyl (C=O) groups is 1. The van der Waals surface area contributed by atoms with Gasteiger partial charge in [0.1, 0.15) is 18.2 Å². The maximum Gasteiger partial charge on any atom is 0.341 e. The maximum atomic E-state index is 13.4. The molecular weight excluding hydrogens is 260 g/mol. The average molecular weight is 269 g/mol. The van der Waals surface area contributed by atoms with E-state index < -0.39 is 23.2 Å². The molecule has 2 rings (SSSR count). The summed E-state index contributed by atoms with van der Waals surface area (Å²) in [4.78, 5) is 12.4. The number of halogens is 2. The number of hydrogen-bond acceptors (Lipinski definition) is 4. The molecule has 0 amide bonds. The van der Waals surface area contributed by atoms with E-state index >= 15 is 0 Å². The summed E-state index contributed by atoms with van der Waals surface area (Å²) in [7, 11) is 0. The number of nitrogens with two attached hydrogens (primary N) is 1. The van der Waals surface area contributed by atoms with Gasteiger partial charge in [-0.25, -0.2) is 13.6 Å². The second kappa shape index (κ2) is 5.14. The number of ether oxygens (including phenoxy) is 1. The van der Waals surface area contributed by atoms with Crippen LogP contribution in [-0.2, 0) is 11.3 Å². The molecule has 0 saturated carbocycles. The number of anilines is 1. The van der Waals surface area contributed by atoms with Gasteiger partial charge in [-0.1, -0.05) is 6.07 Å². The van der Waals surface area contributed by atoms with Crippen molar-refractivity contribution in [3.8, 4) is 0 Å². The van der Waals surface area contributed by atoms with Gasteiger partial charge < -0.3 is 10.5 Å². The topological polar surface area (TPSA) is 52.3 Å². The van der Waals surface area contributed by atoms with Crippen molar-refractivity contribution in [1.82, 2.24) is 0 Å². The molecule has 0 aliphatic heterocycles. The van der Waals surface area contributed by atoms with Gasteiger partial charge in [0, 0.05) is 10.9 Å². The third-order valence-electron chi connectivity index (χ3n) is 2.23. The lowest BCUT2D eigenvalue weighted by molar-refractivity contribution is 0.0471. The summed E-state index contributed by atoms with van der Waals surface area (Å²) < 4.78 is 31.4. The molecule has 0 aliphatic rings. The number of nitrogen functional groups attached to an aromatic ring is 1. The van der Waals surface area contributed by atoms with Gasteiger partial charge in [0.05, 0.1) is 11.3 Å². The zero-order chi connectivity index (χ0) is 13.1. The number of hydrogen-bond donors (Lipinski definition) is 1. The number of benzene rings is 1. The van der Waals surface area contributed by atoms with Crippen LogP contribution in [0.3, 0.4) is 0 Å². The molecule has 1 aromatic carbocycles. The summed E-state index contributed by atoms with van der Waals surface area (Å²) in [5, 5.41) is 1.83. The van der Waals surface area contributed by atoms with Crippen molar-refractivity contribution in [1.29, 1.82) is 0 Å². The molecule has 0 atom stereocenters. The normalized spacial score (nSPS) is 10.3. The highest BCUT2D eigenvalue weighted by molar-refractivity contribution is 7.09.